The molecule has 3 N–H and O–H groups in total. The molecule has 0 aromatic heterocycles. The van der Waals surface area contributed by atoms with E-state index in [1.165, 1.54) is 12.5 Å². The number of carbonyl (C=O) groups is 1. The molecule has 0 amide bonds. The van der Waals surface area contributed by atoms with Crippen LogP contribution in [0.25, 0.3) is 0 Å². The number of ether oxygens (including phenoxy) is 1. The molecule has 3 saturated carbocycles. The van der Waals surface area contributed by atoms with Gasteiger partial charge >= 0.3 is 5.97 Å². The first-order valence-corrected chi connectivity index (χ1v) is 13.2. The van der Waals surface area contributed by atoms with Gasteiger partial charge in [-0.05, 0) is 87.2 Å². The first-order valence-electron chi connectivity index (χ1n) is 13.2. The van der Waals surface area contributed by atoms with Crippen LogP contribution < -0.4 is 5.43 Å². The van der Waals surface area contributed by atoms with E-state index in [0.717, 1.165) is 44.2 Å². The number of esters is 1. The molecule has 8 unspecified atom stereocenters. The van der Waals surface area contributed by atoms with E-state index in [1.54, 1.807) is 0 Å². The van der Waals surface area contributed by atoms with E-state index in [2.05, 4.69) is 30.5 Å². The Hall–Kier alpha value is -2.18. The fourth-order valence-corrected chi connectivity index (χ4v) is 8.37. The summed E-state index contributed by atoms with van der Waals surface area (Å²) >= 11 is 0. The molecule has 0 aliphatic heterocycles. The Kier molecular flexibility index (Phi) is 6.12. The number of aliphatic hydroxyl groups is 2. The Bertz CT molecular complexity index is 1040. The van der Waals surface area contributed by atoms with Gasteiger partial charge < -0.3 is 14.9 Å². The molecule has 0 heterocycles. The van der Waals surface area contributed by atoms with Gasteiger partial charge in [0.15, 0.2) is 0 Å². The van der Waals surface area contributed by atoms with Gasteiger partial charge in [-0.3, -0.25) is 10.2 Å². The first-order chi connectivity index (χ1) is 16.6. The van der Waals surface area contributed by atoms with Gasteiger partial charge in [-0.25, -0.2) is 0 Å². The summed E-state index contributed by atoms with van der Waals surface area (Å²) in [6.07, 6.45) is 7.69. The van der Waals surface area contributed by atoms with Crippen molar-refractivity contribution < 1.29 is 19.7 Å². The molecule has 1 aromatic rings. The number of aliphatic hydroxyl groups excluding tert-OH is 1. The third kappa shape index (κ3) is 3.75. The van der Waals surface area contributed by atoms with E-state index < -0.39 is 17.1 Å². The van der Waals surface area contributed by atoms with E-state index in [1.807, 2.05) is 37.3 Å². The van der Waals surface area contributed by atoms with Crippen molar-refractivity contribution >= 4 is 17.4 Å². The number of nitrogens with one attached hydrogen (secondary N) is 1. The molecule has 6 nitrogen and oxygen atoms in total. The maximum Gasteiger partial charge on any atom is 0.303 e. The molecular weight excluding hydrogens is 440 g/mol. The lowest BCUT2D eigenvalue weighted by atomic mass is 9.46. The highest BCUT2D eigenvalue weighted by molar-refractivity contribution is 5.93. The second-order valence-electron chi connectivity index (χ2n) is 11.9. The van der Waals surface area contributed by atoms with Gasteiger partial charge in [-0.2, -0.15) is 5.10 Å². The Labute approximate surface area is 208 Å². The number of anilines is 1. The summed E-state index contributed by atoms with van der Waals surface area (Å²) in [7, 11) is 0. The Morgan fingerprint density at radius 2 is 1.86 bits per heavy atom. The number of carbonyl (C=O) groups excluding carboxylic acids is 1. The van der Waals surface area contributed by atoms with Crippen molar-refractivity contribution in [1.29, 1.82) is 0 Å². The van der Waals surface area contributed by atoms with E-state index in [0.29, 0.717) is 24.0 Å². The highest BCUT2D eigenvalue weighted by atomic mass is 16.6. The normalized spacial score (nSPS) is 42.9. The molecule has 6 heteroatoms. The Balaban J connectivity index is 1.50. The van der Waals surface area contributed by atoms with Gasteiger partial charge in [-0.15, -0.1) is 0 Å². The lowest BCUT2D eigenvalue weighted by Crippen LogP contribution is -2.60. The molecule has 1 aromatic carbocycles. The minimum absolute atomic E-state index is 0.110. The predicted octanol–water partition coefficient (Wildman–Crippen LogP) is 5.07. The number of benzene rings is 1. The Morgan fingerprint density at radius 1 is 1.11 bits per heavy atom. The average Bonchev–Trinajstić information content (AvgIpc) is 3.06. The predicted molar refractivity (Wildman–Crippen MR) is 137 cm³/mol. The third-order valence-electron chi connectivity index (χ3n) is 10.3. The molecule has 0 spiro atoms. The van der Waals surface area contributed by atoms with Crippen LogP contribution in [-0.4, -0.2) is 39.7 Å². The maximum atomic E-state index is 12.4. The fourth-order valence-electron chi connectivity index (χ4n) is 8.37. The first kappa shape index (κ1) is 24.5. The van der Waals surface area contributed by atoms with Crippen LogP contribution in [0.2, 0.25) is 0 Å². The van der Waals surface area contributed by atoms with Crippen molar-refractivity contribution in [3.8, 4) is 0 Å². The zero-order valence-corrected chi connectivity index (χ0v) is 21.5. The molecule has 3 fully saturated rings. The van der Waals surface area contributed by atoms with Crippen LogP contribution in [0.1, 0.15) is 72.6 Å². The van der Waals surface area contributed by atoms with E-state index >= 15 is 0 Å². The van der Waals surface area contributed by atoms with Gasteiger partial charge in [0.1, 0.15) is 11.7 Å². The molecular formula is C29H40N2O4. The highest BCUT2D eigenvalue weighted by Gasteiger charge is 2.69. The minimum Gasteiger partial charge on any atom is -0.459 e. The topological polar surface area (TPSA) is 91.2 Å². The average molecular weight is 481 g/mol. The lowest BCUT2D eigenvalue weighted by molar-refractivity contribution is -0.161. The summed E-state index contributed by atoms with van der Waals surface area (Å²) < 4.78 is 5.84. The monoisotopic (exact) mass is 480 g/mol. The van der Waals surface area contributed by atoms with Crippen LogP contribution >= 0.6 is 0 Å². The van der Waals surface area contributed by atoms with Crippen molar-refractivity contribution in [2.45, 2.75) is 90.4 Å². The summed E-state index contributed by atoms with van der Waals surface area (Å²) in [5, 5.41) is 27.3. The number of fused-ring (bicyclic) bond motifs is 5. The fraction of sp³-hybridized carbons (Fsp3) is 0.655. The van der Waals surface area contributed by atoms with Gasteiger partial charge in [0.2, 0.25) is 0 Å². The van der Waals surface area contributed by atoms with Crippen molar-refractivity contribution in [3.63, 3.8) is 0 Å². The zero-order valence-electron chi connectivity index (χ0n) is 21.5. The summed E-state index contributed by atoms with van der Waals surface area (Å²) in [5.74, 6) is 0.793. The molecule has 0 bridgehead atoms. The number of rotatable bonds is 4. The van der Waals surface area contributed by atoms with Gasteiger partial charge in [0.25, 0.3) is 0 Å². The van der Waals surface area contributed by atoms with Crippen molar-refractivity contribution in [3.05, 3.63) is 42.0 Å². The van der Waals surface area contributed by atoms with Gasteiger partial charge in [-0.1, -0.05) is 43.7 Å². The SMILES string of the molecule is CC(=O)OC1CC2C3CC=C4CC(O)CCC4(C)C3CCC2(C)C1(O)C(C)=NNc1ccccc1. The largest absolute Gasteiger partial charge is 0.459 e. The number of allylic oxidation sites excluding steroid dienone is 1. The molecule has 0 saturated heterocycles. The van der Waals surface area contributed by atoms with E-state index in [9.17, 15) is 15.0 Å². The van der Waals surface area contributed by atoms with Crippen LogP contribution in [0, 0.1) is 28.6 Å². The number of hydrogen-bond acceptors (Lipinski definition) is 6. The quantitative estimate of drug-likeness (QED) is 0.242. The summed E-state index contributed by atoms with van der Waals surface area (Å²) in [5.41, 5.74) is 4.25. The molecule has 4 aliphatic rings. The molecule has 4 aliphatic carbocycles. The van der Waals surface area contributed by atoms with E-state index in [4.69, 9.17) is 4.74 Å². The van der Waals surface area contributed by atoms with Gasteiger partial charge in [0.05, 0.1) is 17.5 Å². The number of para-hydroxylation sites is 1. The molecule has 35 heavy (non-hydrogen) atoms. The van der Waals surface area contributed by atoms with Crippen LogP contribution in [0.5, 0.6) is 0 Å². The van der Waals surface area contributed by atoms with Crippen LogP contribution in [0.15, 0.2) is 47.1 Å². The molecule has 5 rings (SSSR count). The molecule has 190 valence electrons. The second kappa shape index (κ2) is 8.74. The van der Waals surface area contributed by atoms with Crippen molar-refractivity contribution in [2.75, 3.05) is 5.43 Å². The van der Waals surface area contributed by atoms with Crippen LogP contribution in [-0.2, 0) is 9.53 Å². The summed E-state index contributed by atoms with van der Waals surface area (Å²) in [4.78, 5) is 12.1. The lowest BCUT2D eigenvalue weighted by Gasteiger charge is -2.58. The minimum atomic E-state index is -1.34. The standard InChI is InChI=1S/C29H40N2O4/c1-18(30-31-21-8-6-5-7-9-21)29(34)26(35-19(2)32)17-25-23-11-10-20-16-22(33)12-14-27(20,3)24(23)13-15-28(25,29)4/h5-10,22-26,31,33-34H,11-17H2,1-4H3. The van der Waals surface area contributed by atoms with Crippen LogP contribution in [0.4, 0.5) is 5.69 Å². The number of hydrogen-bond donors (Lipinski definition) is 3. The molecule has 8 atom stereocenters. The van der Waals surface area contributed by atoms with Crippen molar-refractivity contribution in [1.82, 2.24) is 0 Å². The summed E-state index contributed by atoms with van der Waals surface area (Å²) in [6.45, 7) is 7.86. The Morgan fingerprint density at radius 3 is 2.57 bits per heavy atom. The zero-order chi connectivity index (χ0) is 25.0. The molecule has 0 radical (unpaired) electrons. The highest BCUT2D eigenvalue weighted by Crippen LogP contribution is 2.67. The van der Waals surface area contributed by atoms with Crippen LogP contribution in [0.3, 0.4) is 0 Å². The van der Waals surface area contributed by atoms with E-state index in [-0.39, 0.29) is 23.4 Å². The summed E-state index contributed by atoms with van der Waals surface area (Å²) in [6, 6.07) is 9.69. The second-order valence-corrected chi connectivity index (χ2v) is 11.9. The van der Waals surface area contributed by atoms with Crippen molar-refractivity contribution in [2.24, 2.45) is 33.7 Å². The van der Waals surface area contributed by atoms with Gasteiger partial charge in [0, 0.05) is 12.3 Å². The smallest absolute Gasteiger partial charge is 0.303 e. The third-order valence-corrected chi connectivity index (χ3v) is 10.3. The maximum absolute atomic E-state index is 12.4. The number of nitrogens with zero attached hydrogens (tertiary/aromatic N) is 1. The number of hydrazone groups is 1.